The van der Waals surface area contributed by atoms with Gasteiger partial charge in [0.15, 0.2) is 0 Å². The molecule has 0 spiro atoms. The van der Waals surface area contributed by atoms with Gasteiger partial charge in [-0.05, 0) is 81.8 Å². The molecule has 1 N–H and O–H groups in total. The number of aromatic nitrogens is 1. The maximum atomic E-state index is 13.3. The molecule has 1 amide bonds. The standard InChI is InChI=1S/C33H38N2O5/c1-6-38-31(36)30-26-19-29(39-22-14-8-9-15-22)25(24-17-11-13-21-12-7-10-16-23(21)24)18-27(26)35(5)28(30)20-34-32(37)40-33(2,3)4/h7,10-13,16-19,22H,6,8-9,14-15,20H2,1-5H3,(H,34,37). The first-order valence-electron chi connectivity index (χ1n) is 14.1. The van der Waals surface area contributed by atoms with Crippen LogP contribution in [-0.4, -0.2) is 34.9 Å². The summed E-state index contributed by atoms with van der Waals surface area (Å²) < 4.78 is 19.5. The molecule has 0 atom stereocenters. The van der Waals surface area contributed by atoms with E-state index in [1.54, 1.807) is 6.92 Å². The van der Waals surface area contributed by atoms with Gasteiger partial charge in [-0.15, -0.1) is 0 Å². The van der Waals surface area contributed by atoms with Gasteiger partial charge >= 0.3 is 12.1 Å². The lowest BCUT2D eigenvalue weighted by molar-refractivity contribution is 0.0502. The Labute approximate surface area is 235 Å². The number of nitrogens with zero attached hydrogens (tertiary/aromatic N) is 1. The van der Waals surface area contributed by atoms with Crippen LogP contribution in [-0.2, 0) is 23.1 Å². The summed E-state index contributed by atoms with van der Waals surface area (Å²) in [6, 6.07) is 18.7. The number of carbonyl (C=O) groups excluding carboxylic acids is 2. The molecule has 1 aliphatic carbocycles. The van der Waals surface area contributed by atoms with Crippen LogP contribution in [0.25, 0.3) is 32.8 Å². The van der Waals surface area contributed by atoms with Crippen LogP contribution in [0, 0.1) is 0 Å². The minimum Gasteiger partial charge on any atom is -0.490 e. The van der Waals surface area contributed by atoms with E-state index >= 15 is 0 Å². The highest BCUT2D eigenvalue weighted by Crippen LogP contribution is 2.41. The summed E-state index contributed by atoms with van der Waals surface area (Å²) in [6.07, 6.45) is 3.91. The lowest BCUT2D eigenvalue weighted by Crippen LogP contribution is -2.33. The summed E-state index contributed by atoms with van der Waals surface area (Å²) in [4.78, 5) is 25.8. The number of hydrogen-bond donors (Lipinski definition) is 1. The van der Waals surface area contributed by atoms with Crippen molar-refractivity contribution in [3.63, 3.8) is 0 Å². The average molecular weight is 543 g/mol. The Kier molecular flexibility index (Phi) is 7.74. The van der Waals surface area contributed by atoms with Crippen LogP contribution in [0.15, 0.2) is 54.6 Å². The number of carbonyl (C=O) groups is 2. The van der Waals surface area contributed by atoms with E-state index in [2.05, 4.69) is 41.7 Å². The van der Waals surface area contributed by atoms with Gasteiger partial charge < -0.3 is 24.1 Å². The minimum absolute atomic E-state index is 0.108. The lowest BCUT2D eigenvalue weighted by atomic mass is 9.96. The van der Waals surface area contributed by atoms with Crippen LogP contribution < -0.4 is 10.1 Å². The second-order valence-corrected chi connectivity index (χ2v) is 11.4. The van der Waals surface area contributed by atoms with E-state index in [-0.39, 0.29) is 19.3 Å². The van der Waals surface area contributed by atoms with Crippen molar-refractivity contribution in [1.29, 1.82) is 0 Å². The third kappa shape index (κ3) is 5.64. The molecule has 40 heavy (non-hydrogen) atoms. The molecule has 0 radical (unpaired) electrons. The van der Waals surface area contributed by atoms with E-state index in [4.69, 9.17) is 14.2 Å². The molecule has 1 fully saturated rings. The number of nitrogens with one attached hydrogen (secondary N) is 1. The van der Waals surface area contributed by atoms with Crippen LogP contribution in [0.3, 0.4) is 0 Å². The van der Waals surface area contributed by atoms with Gasteiger partial charge in [-0.3, -0.25) is 0 Å². The molecule has 0 aliphatic heterocycles. The molecule has 0 unspecified atom stereocenters. The van der Waals surface area contributed by atoms with Crippen LogP contribution in [0.2, 0.25) is 0 Å². The van der Waals surface area contributed by atoms with E-state index in [9.17, 15) is 9.59 Å². The summed E-state index contributed by atoms with van der Waals surface area (Å²) in [5.74, 6) is 0.317. The highest BCUT2D eigenvalue weighted by atomic mass is 16.6. The van der Waals surface area contributed by atoms with Crippen molar-refractivity contribution in [2.24, 2.45) is 7.05 Å². The molecule has 1 saturated carbocycles. The zero-order valence-corrected chi connectivity index (χ0v) is 24.0. The Morgan fingerprint density at radius 2 is 1.70 bits per heavy atom. The molecular weight excluding hydrogens is 504 g/mol. The molecule has 1 heterocycles. The molecule has 7 heteroatoms. The second-order valence-electron chi connectivity index (χ2n) is 11.4. The number of ether oxygens (including phenoxy) is 3. The van der Waals surface area contributed by atoms with Crippen molar-refractivity contribution in [3.8, 4) is 16.9 Å². The summed E-state index contributed by atoms with van der Waals surface area (Å²) in [7, 11) is 1.90. The molecule has 1 aliphatic rings. The van der Waals surface area contributed by atoms with Crippen molar-refractivity contribution in [1.82, 2.24) is 9.88 Å². The predicted molar refractivity (Wildman–Crippen MR) is 158 cm³/mol. The fourth-order valence-corrected chi connectivity index (χ4v) is 5.58. The maximum absolute atomic E-state index is 13.3. The quantitative estimate of drug-likeness (QED) is 0.244. The number of benzene rings is 3. The molecule has 3 aromatic carbocycles. The third-order valence-electron chi connectivity index (χ3n) is 7.38. The molecule has 1 aromatic heterocycles. The van der Waals surface area contributed by atoms with E-state index in [0.29, 0.717) is 11.3 Å². The van der Waals surface area contributed by atoms with E-state index < -0.39 is 17.7 Å². The SMILES string of the molecule is CCOC(=O)c1c(CNC(=O)OC(C)(C)C)n(C)c2cc(-c3cccc4ccccc34)c(OC3CCCC3)cc12. The smallest absolute Gasteiger partial charge is 0.407 e. The molecule has 0 saturated heterocycles. The predicted octanol–water partition coefficient (Wildman–Crippen LogP) is 7.52. The first-order chi connectivity index (χ1) is 19.2. The van der Waals surface area contributed by atoms with Crippen molar-refractivity contribution < 1.29 is 23.8 Å². The Bertz CT molecular complexity index is 1550. The van der Waals surface area contributed by atoms with Gasteiger partial charge in [0.25, 0.3) is 0 Å². The zero-order chi connectivity index (χ0) is 28.4. The monoisotopic (exact) mass is 542 g/mol. The van der Waals surface area contributed by atoms with Crippen molar-refractivity contribution in [2.75, 3.05) is 6.61 Å². The first kappa shape index (κ1) is 27.6. The van der Waals surface area contributed by atoms with E-state index in [1.807, 2.05) is 50.6 Å². The summed E-state index contributed by atoms with van der Waals surface area (Å²) in [6.45, 7) is 7.58. The van der Waals surface area contributed by atoms with E-state index in [1.165, 1.54) is 0 Å². The minimum atomic E-state index is -0.632. The molecule has 4 aromatic rings. The van der Waals surface area contributed by atoms with Crippen molar-refractivity contribution in [3.05, 3.63) is 65.9 Å². The van der Waals surface area contributed by atoms with Gasteiger partial charge in [-0.2, -0.15) is 0 Å². The van der Waals surface area contributed by atoms with Gasteiger partial charge in [-0.25, -0.2) is 9.59 Å². The summed E-state index contributed by atoms with van der Waals surface area (Å²) >= 11 is 0. The molecule has 210 valence electrons. The number of aryl methyl sites for hydroxylation is 1. The van der Waals surface area contributed by atoms with Crippen molar-refractivity contribution >= 4 is 33.7 Å². The summed E-state index contributed by atoms with van der Waals surface area (Å²) in [5.41, 5.74) is 3.33. The van der Waals surface area contributed by atoms with Gasteiger partial charge in [0, 0.05) is 23.5 Å². The van der Waals surface area contributed by atoms with E-state index in [0.717, 1.165) is 64.2 Å². The highest BCUT2D eigenvalue weighted by molar-refractivity contribution is 6.09. The Hall–Kier alpha value is -4.00. The van der Waals surface area contributed by atoms with Crippen LogP contribution in [0.4, 0.5) is 4.79 Å². The van der Waals surface area contributed by atoms with Gasteiger partial charge in [0.1, 0.15) is 11.4 Å². The van der Waals surface area contributed by atoms with Gasteiger partial charge in [0.2, 0.25) is 0 Å². The normalized spacial score (nSPS) is 14.0. The second kappa shape index (κ2) is 11.2. The molecule has 5 rings (SSSR count). The van der Waals surface area contributed by atoms with Gasteiger partial charge in [-0.1, -0.05) is 42.5 Å². The topological polar surface area (TPSA) is 78.8 Å². The van der Waals surface area contributed by atoms with Crippen LogP contribution in [0.5, 0.6) is 5.75 Å². The van der Waals surface area contributed by atoms with Gasteiger partial charge in [0.05, 0.1) is 30.5 Å². The van der Waals surface area contributed by atoms with Crippen LogP contribution >= 0.6 is 0 Å². The zero-order valence-electron chi connectivity index (χ0n) is 24.0. The Morgan fingerprint density at radius 1 is 0.975 bits per heavy atom. The first-order valence-corrected chi connectivity index (χ1v) is 14.1. The number of esters is 1. The maximum Gasteiger partial charge on any atom is 0.407 e. The van der Waals surface area contributed by atoms with Crippen molar-refractivity contribution in [2.45, 2.75) is 71.6 Å². The number of hydrogen-bond acceptors (Lipinski definition) is 5. The number of fused-ring (bicyclic) bond motifs is 2. The molecule has 0 bridgehead atoms. The Balaban J connectivity index is 1.68. The molecule has 7 nitrogen and oxygen atoms in total. The number of rotatable bonds is 7. The van der Waals surface area contributed by atoms with Crippen LogP contribution in [0.1, 0.15) is 69.4 Å². The number of amides is 1. The fourth-order valence-electron chi connectivity index (χ4n) is 5.58. The average Bonchev–Trinajstić information content (AvgIpc) is 3.51. The third-order valence-corrected chi connectivity index (χ3v) is 7.38. The number of alkyl carbamates (subject to hydrolysis) is 1. The molecular formula is C33H38N2O5. The summed E-state index contributed by atoms with van der Waals surface area (Å²) in [5, 5.41) is 5.83. The Morgan fingerprint density at radius 3 is 2.42 bits per heavy atom. The highest BCUT2D eigenvalue weighted by Gasteiger charge is 2.27. The fraction of sp³-hybridized carbons (Fsp3) is 0.394. The lowest BCUT2D eigenvalue weighted by Gasteiger charge is -2.20. The largest absolute Gasteiger partial charge is 0.490 e.